The van der Waals surface area contributed by atoms with Crippen LogP contribution in [-0.2, 0) is 9.53 Å². The Kier molecular flexibility index (Phi) is 5.04. The highest BCUT2D eigenvalue weighted by Gasteiger charge is 2.35. The predicted octanol–water partition coefficient (Wildman–Crippen LogP) is 3.52. The molecule has 5 heteroatoms. The van der Waals surface area contributed by atoms with Gasteiger partial charge in [-0.05, 0) is 26.2 Å². The molecule has 1 fully saturated rings. The van der Waals surface area contributed by atoms with Gasteiger partial charge >= 0.3 is 0 Å². The second kappa shape index (κ2) is 6.44. The topological polar surface area (TPSA) is 42.4 Å². The van der Waals surface area contributed by atoms with Crippen molar-refractivity contribution in [1.82, 2.24) is 9.88 Å². The Balaban J connectivity index is 2.15. The van der Waals surface area contributed by atoms with Gasteiger partial charge < -0.3 is 9.64 Å². The van der Waals surface area contributed by atoms with Crippen molar-refractivity contribution in [1.29, 1.82) is 0 Å². The molecule has 1 aromatic heterocycles. The summed E-state index contributed by atoms with van der Waals surface area (Å²) in [6.45, 7) is 11.2. The van der Waals surface area contributed by atoms with Gasteiger partial charge in [0.1, 0.15) is 6.10 Å². The molecular weight excluding hydrogens is 284 g/mol. The van der Waals surface area contributed by atoms with Gasteiger partial charge in [0.25, 0.3) is 5.91 Å². The van der Waals surface area contributed by atoms with E-state index in [1.54, 1.807) is 11.3 Å². The highest BCUT2D eigenvalue weighted by atomic mass is 32.1. The highest BCUT2D eigenvalue weighted by molar-refractivity contribution is 7.11. The average molecular weight is 310 g/mol. The zero-order valence-electron chi connectivity index (χ0n) is 13.8. The van der Waals surface area contributed by atoms with Crippen LogP contribution < -0.4 is 0 Å². The molecule has 2 heterocycles. The van der Waals surface area contributed by atoms with E-state index in [2.05, 4.69) is 32.7 Å². The number of ether oxygens (including phenoxy) is 1. The van der Waals surface area contributed by atoms with Gasteiger partial charge in [0.2, 0.25) is 0 Å². The molecule has 0 saturated carbocycles. The van der Waals surface area contributed by atoms with Gasteiger partial charge in [-0.3, -0.25) is 4.79 Å². The molecule has 0 N–H and O–H groups in total. The summed E-state index contributed by atoms with van der Waals surface area (Å²) in [4.78, 5) is 20.2. The van der Waals surface area contributed by atoms with Crippen LogP contribution in [0.25, 0.3) is 0 Å². The van der Waals surface area contributed by atoms with Crippen LogP contribution in [0.15, 0.2) is 0 Å². The number of amides is 1. The first kappa shape index (κ1) is 16.4. The normalized spacial score (nSPS) is 23.6. The van der Waals surface area contributed by atoms with Crippen molar-refractivity contribution >= 4 is 17.2 Å². The van der Waals surface area contributed by atoms with Gasteiger partial charge in [0.15, 0.2) is 0 Å². The number of nitrogens with zero attached hydrogens (tertiary/aromatic N) is 2. The predicted molar refractivity (Wildman–Crippen MR) is 85.6 cm³/mol. The maximum atomic E-state index is 12.6. The quantitative estimate of drug-likeness (QED) is 0.854. The lowest BCUT2D eigenvalue weighted by molar-refractivity contribution is -0.143. The third-order valence-corrected chi connectivity index (χ3v) is 5.91. The Bertz CT molecular complexity index is 512. The number of likely N-dealkylation sites (N-methyl/N-ethyl adjacent to an activating group) is 1. The van der Waals surface area contributed by atoms with E-state index in [1.165, 1.54) is 4.88 Å². The second-order valence-electron chi connectivity index (χ2n) is 6.34. The van der Waals surface area contributed by atoms with Crippen LogP contribution in [0.5, 0.6) is 0 Å². The van der Waals surface area contributed by atoms with E-state index in [0.717, 1.165) is 17.1 Å². The molecule has 1 aromatic rings. The highest BCUT2D eigenvalue weighted by Crippen LogP contribution is 2.33. The van der Waals surface area contributed by atoms with Crippen LogP contribution in [0, 0.1) is 12.8 Å². The molecule has 3 atom stereocenters. The van der Waals surface area contributed by atoms with Gasteiger partial charge in [0.05, 0.1) is 16.7 Å². The zero-order chi connectivity index (χ0) is 15.7. The molecule has 21 heavy (non-hydrogen) atoms. The SMILES string of the molecule is Cc1nc(C(C)C)sc1C(C)N(C)C(=O)C1OCCC1C. The number of aryl methyl sites for hydroxylation is 1. The Morgan fingerprint density at radius 2 is 2.10 bits per heavy atom. The fourth-order valence-corrected chi connectivity index (χ4v) is 3.81. The number of aromatic nitrogens is 1. The van der Waals surface area contributed by atoms with E-state index >= 15 is 0 Å². The minimum Gasteiger partial charge on any atom is -0.368 e. The fourth-order valence-electron chi connectivity index (χ4n) is 2.64. The van der Waals surface area contributed by atoms with Crippen LogP contribution in [0.3, 0.4) is 0 Å². The molecule has 4 nitrogen and oxygen atoms in total. The van der Waals surface area contributed by atoms with Crippen molar-refractivity contribution in [2.45, 2.75) is 59.1 Å². The average Bonchev–Trinajstić information content (AvgIpc) is 3.02. The minimum absolute atomic E-state index is 0.0406. The molecule has 0 spiro atoms. The molecule has 1 aliphatic rings. The van der Waals surface area contributed by atoms with E-state index in [-0.39, 0.29) is 18.1 Å². The summed E-state index contributed by atoms with van der Waals surface area (Å²) in [6, 6.07) is 0.0406. The van der Waals surface area contributed by atoms with E-state index < -0.39 is 0 Å². The van der Waals surface area contributed by atoms with Crippen LogP contribution >= 0.6 is 11.3 Å². The van der Waals surface area contributed by atoms with Crippen molar-refractivity contribution in [3.05, 3.63) is 15.6 Å². The van der Waals surface area contributed by atoms with Crippen molar-refractivity contribution in [2.75, 3.05) is 13.7 Å². The summed E-state index contributed by atoms with van der Waals surface area (Å²) < 4.78 is 5.60. The lowest BCUT2D eigenvalue weighted by atomic mass is 10.0. The van der Waals surface area contributed by atoms with Crippen molar-refractivity contribution < 1.29 is 9.53 Å². The van der Waals surface area contributed by atoms with Crippen molar-refractivity contribution in [3.63, 3.8) is 0 Å². The van der Waals surface area contributed by atoms with E-state index in [9.17, 15) is 4.79 Å². The summed E-state index contributed by atoms with van der Waals surface area (Å²) in [5, 5.41) is 1.14. The van der Waals surface area contributed by atoms with Gasteiger partial charge in [-0.2, -0.15) is 0 Å². The molecule has 1 saturated heterocycles. The Morgan fingerprint density at radius 1 is 1.43 bits per heavy atom. The number of carbonyl (C=O) groups is 1. The number of hydrogen-bond donors (Lipinski definition) is 0. The fraction of sp³-hybridized carbons (Fsp3) is 0.750. The van der Waals surface area contributed by atoms with Gasteiger partial charge in [-0.15, -0.1) is 11.3 Å². The standard InChI is InChI=1S/C16H26N2O2S/c1-9(2)15-17-11(4)14(21-15)12(5)18(6)16(19)13-10(3)7-8-20-13/h9-10,12-13H,7-8H2,1-6H3. The maximum Gasteiger partial charge on any atom is 0.252 e. The summed E-state index contributed by atoms with van der Waals surface area (Å²) in [6.07, 6.45) is 0.686. The molecule has 2 rings (SSSR count). The third-order valence-electron chi connectivity index (χ3n) is 4.28. The Labute approximate surface area is 131 Å². The van der Waals surface area contributed by atoms with Gasteiger partial charge in [-0.1, -0.05) is 20.8 Å². The molecule has 0 bridgehead atoms. The summed E-state index contributed by atoms with van der Waals surface area (Å²) in [7, 11) is 1.87. The molecular formula is C16H26N2O2S. The molecule has 0 radical (unpaired) electrons. The third kappa shape index (κ3) is 3.29. The largest absolute Gasteiger partial charge is 0.368 e. The zero-order valence-corrected chi connectivity index (χ0v) is 14.7. The lowest BCUT2D eigenvalue weighted by Gasteiger charge is -2.28. The first-order valence-corrected chi connectivity index (χ1v) is 8.50. The molecule has 118 valence electrons. The number of thiazole rings is 1. The van der Waals surface area contributed by atoms with Crippen molar-refractivity contribution in [3.8, 4) is 0 Å². The Morgan fingerprint density at radius 3 is 2.57 bits per heavy atom. The summed E-state index contributed by atoms with van der Waals surface area (Å²) in [5.41, 5.74) is 1.04. The smallest absolute Gasteiger partial charge is 0.252 e. The lowest BCUT2D eigenvalue weighted by Crippen LogP contribution is -2.40. The molecule has 0 aromatic carbocycles. The second-order valence-corrected chi connectivity index (χ2v) is 7.40. The minimum atomic E-state index is -0.282. The van der Waals surface area contributed by atoms with Gasteiger partial charge in [0, 0.05) is 24.4 Å². The number of rotatable bonds is 4. The summed E-state index contributed by atoms with van der Waals surface area (Å²) >= 11 is 1.72. The first-order valence-electron chi connectivity index (χ1n) is 7.68. The molecule has 0 aliphatic carbocycles. The van der Waals surface area contributed by atoms with Crippen LogP contribution in [-0.4, -0.2) is 35.5 Å². The Hall–Kier alpha value is -0.940. The van der Waals surface area contributed by atoms with E-state index in [0.29, 0.717) is 18.4 Å². The first-order chi connectivity index (χ1) is 9.82. The van der Waals surface area contributed by atoms with Gasteiger partial charge in [-0.25, -0.2) is 4.98 Å². The monoisotopic (exact) mass is 310 g/mol. The van der Waals surface area contributed by atoms with Crippen LogP contribution in [0.4, 0.5) is 0 Å². The molecule has 1 aliphatic heterocycles. The maximum absolute atomic E-state index is 12.6. The summed E-state index contributed by atoms with van der Waals surface area (Å²) in [5.74, 6) is 0.821. The van der Waals surface area contributed by atoms with E-state index in [4.69, 9.17) is 4.74 Å². The number of carbonyl (C=O) groups excluding carboxylic acids is 1. The van der Waals surface area contributed by atoms with Crippen molar-refractivity contribution in [2.24, 2.45) is 5.92 Å². The molecule has 3 unspecified atom stereocenters. The van der Waals surface area contributed by atoms with Crippen LogP contribution in [0.2, 0.25) is 0 Å². The molecule has 1 amide bonds. The van der Waals surface area contributed by atoms with Crippen LogP contribution in [0.1, 0.15) is 61.7 Å². The van der Waals surface area contributed by atoms with E-state index in [1.807, 2.05) is 18.9 Å². The number of hydrogen-bond acceptors (Lipinski definition) is 4.